The van der Waals surface area contributed by atoms with Gasteiger partial charge in [0.15, 0.2) is 0 Å². The maximum absolute atomic E-state index is 9.99. The molecule has 1 fully saturated rings. The summed E-state index contributed by atoms with van der Waals surface area (Å²) < 4.78 is 0. The summed E-state index contributed by atoms with van der Waals surface area (Å²) in [7, 11) is 0. The summed E-state index contributed by atoms with van der Waals surface area (Å²) in [5.41, 5.74) is -0.0694. The van der Waals surface area contributed by atoms with E-state index in [4.69, 9.17) is 4.79 Å². The summed E-state index contributed by atoms with van der Waals surface area (Å²) in [5, 5.41) is 0. The van der Waals surface area contributed by atoms with Crippen LogP contribution in [-0.4, -0.2) is 24.2 Å². The molecule has 0 heterocycles. The third-order valence-electron chi connectivity index (χ3n) is 2.47. The van der Waals surface area contributed by atoms with Gasteiger partial charge in [-0.2, -0.15) is 4.99 Å². The number of hydrogen-bond donors (Lipinski definition) is 0. The lowest BCUT2D eigenvalue weighted by Gasteiger charge is -2.27. The maximum atomic E-state index is 9.99. The van der Waals surface area contributed by atoms with Crippen molar-refractivity contribution in [3.8, 4) is 0 Å². The molecule has 1 aliphatic carbocycles. The van der Waals surface area contributed by atoms with Crippen LogP contribution >= 0.6 is 0 Å². The Morgan fingerprint density at radius 3 is 2.07 bits per heavy atom. The number of carbonyl (C=O) groups excluding carboxylic acids is 2. The summed E-state index contributed by atoms with van der Waals surface area (Å²) in [6, 6.07) is 0. The van der Waals surface area contributed by atoms with E-state index in [2.05, 4.69) is 9.98 Å². The largest absolute Gasteiger partial charge is 0.235 e. The van der Waals surface area contributed by atoms with Crippen molar-refractivity contribution in [3.63, 3.8) is 0 Å². The lowest BCUT2D eigenvalue weighted by Crippen LogP contribution is -2.24. The SMILES string of the molecule is CC1(N=C=O)CCCCC1.CCN=C=O. The summed E-state index contributed by atoms with van der Waals surface area (Å²) in [4.78, 5) is 26.1. The quantitative estimate of drug-likeness (QED) is 0.519. The second-order valence-corrected chi connectivity index (χ2v) is 3.83. The normalized spacial score (nSPS) is 17.5. The molecule has 0 amide bonds. The van der Waals surface area contributed by atoms with Crippen molar-refractivity contribution in [3.05, 3.63) is 0 Å². The average Bonchev–Trinajstić information content (AvgIpc) is 2.21. The van der Waals surface area contributed by atoms with E-state index in [9.17, 15) is 4.79 Å². The van der Waals surface area contributed by atoms with E-state index in [1.165, 1.54) is 25.3 Å². The molecule has 0 N–H and O–H groups in total. The molecule has 4 heteroatoms. The van der Waals surface area contributed by atoms with E-state index >= 15 is 0 Å². The van der Waals surface area contributed by atoms with Crippen molar-refractivity contribution >= 4 is 12.2 Å². The summed E-state index contributed by atoms with van der Waals surface area (Å²) in [5.74, 6) is 0. The lowest BCUT2D eigenvalue weighted by atomic mass is 9.84. The highest BCUT2D eigenvalue weighted by atomic mass is 16.1. The number of rotatable bonds is 2. The zero-order valence-electron chi connectivity index (χ0n) is 9.45. The van der Waals surface area contributed by atoms with Crippen molar-refractivity contribution < 1.29 is 9.59 Å². The van der Waals surface area contributed by atoms with Gasteiger partial charge in [0.25, 0.3) is 0 Å². The number of isocyanates is 2. The summed E-state index contributed by atoms with van der Waals surface area (Å²) >= 11 is 0. The minimum absolute atomic E-state index is 0.0694. The van der Waals surface area contributed by atoms with Gasteiger partial charge in [-0.1, -0.05) is 19.3 Å². The Labute approximate surface area is 90.5 Å². The Hall–Kier alpha value is -1.24. The molecule has 0 bridgehead atoms. The van der Waals surface area contributed by atoms with Gasteiger partial charge in [0, 0.05) is 6.54 Å². The fourth-order valence-electron chi connectivity index (χ4n) is 1.60. The first-order chi connectivity index (χ1) is 7.18. The molecular formula is C11H18N2O2. The van der Waals surface area contributed by atoms with E-state index in [1.807, 2.05) is 6.92 Å². The minimum Gasteiger partial charge on any atom is -0.211 e. The molecule has 1 aliphatic rings. The topological polar surface area (TPSA) is 58.9 Å². The molecule has 0 aromatic carbocycles. The molecule has 1 saturated carbocycles. The van der Waals surface area contributed by atoms with Crippen LogP contribution in [0.2, 0.25) is 0 Å². The number of nitrogens with zero attached hydrogens (tertiary/aromatic N) is 2. The van der Waals surface area contributed by atoms with Gasteiger partial charge in [-0.15, -0.1) is 0 Å². The highest BCUT2D eigenvalue weighted by Crippen LogP contribution is 2.30. The third-order valence-corrected chi connectivity index (χ3v) is 2.47. The molecule has 1 rings (SSSR count). The van der Waals surface area contributed by atoms with Crippen LogP contribution in [0.4, 0.5) is 0 Å². The fraction of sp³-hybridized carbons (Fsp3) is 0.818. The van der Waals surface area contributed by atoms with Crippen LogP contribution in [0.25, 0.3) is 0 Å². The van der Waals surface area contributed by atoms with Crippen molar-refractivity contribution in [2.45, 2.75) is 51.5 Å². The Bertz CT molecular complexity index is 258. The molecular weight excluding hydrogens is 192 g/mol. The molecule has 4 nitrogen and oxygen atoms in total. The highest BCUT2D eigenvalue weighted by molar-refractivity contribution is 5.34. The smallest absolute Gasteiger partial charge is 0.211 e. The second kappa shape index (κ2) is 8.10. The van der Waals surface area contributed by atoms with Gasteiger partial charge in [0.05, 0.1) is 5.54 Å². The molecule has 15 heavy (non-hydrogen) atoms. The standard InChI is InChI=1S/C8H13NO.C3H5NO/c1-8(9-7-10)5-3-2-4-6-8;1-2-4-3-5/h2-6H2,1H3;2H2,1H3. The Balaban J connectivity index is 0.000000336. The van der Waals surface area contributed by atoms with Gasteiger partial charge in [-0.05, 0) is 26.7 Å². The van der Waals surface area contributed by atoms with E-state index in [0.29, 0.717) is 6.54 Å². The highest BCUT2D eigenvalue weighted by Gasteiger charge is 2.25. The molecule has 0 aromatic rings. The molecule has 0 atom stereocenters. The number of hydrogen-bond acceptors (Lipinski definition) is 4. The first-order valence-corrected chi connectivity index (χ1v) is 5.31. The summed E-state index contributed by atoms with van der Waals surface area (Å²) in [6.07, 6.45) is 8.88. The molecule has 0 aliphatic heterocycles. The van der Waals surface area contributed by atoms with Gasteiger partial charge in [0.2, 0.25) is 12.2 Å². The molecule has 0 spiro atoms. The molecule has 84 valence electrons. The van der Waals surface area contributed by atoms with E-state index < -0.39 is 0 Å². The van der Waals surface area contributed by atoms with Crippen molar-refractivity contribution in [2.75, 3.05) is 6.54 Å². The monoisotopic (exact) mass is 210 g/mol. The Morgan fingerprint density at radius 1 is 1.13 bits per heavy atom. The molecule has 0 saturated heterocycles. The van der Waals surface area contributed by atoms with Gasteiger partial charge in [-0.25, -0.2) is 14.6 Å². The van der Waals surface area contributed by atoms with Gasteiger partial charge >= 0.3 is 0 Å². The van der Waals surface area contributed by atoms with Crippen LogP contribution < -0.4 is 0 Å². The van der Waals surface area contributed by atoms with Crippen LogP contribution in [0.1, 0.15) is 46.0 Å². The minimum atomic E-state index is -0.0694. The first kappa shape index (κ1) is 13.8. The third kappa shape index (κ3) is 6.78. The summed E-state index contributed by atoms with van der Waals surface area (Å²) in [6.45, 7) is 4.37. The van der Waals surface area contributed by atoms with Crippen LogP contribution in [0.3, 0.4) is 0 Å². The fourth-order valence-corrected chi connectivity index (χ4v) is 1.60. The van der Waals surface area contributed by atoms with Gasteiger partial charge in [-0.3, -0.25) is 0 Å². The van der Waals surface area contributed by atoms with Crippen molar-refractivity contribution in [1.82, 2.24) is 0 Å². The molecule has 0 aromatic heterocycles. The lowest BCUT2D eigenvalue weighted by molar-refractivity contribution is 0.323. The predicted molar refractivity (Wildman–Crippen MR) is 58.3 cm³/mol. The number of aliphatic imine (C=N–C) groups is 2. The van der Waals surface area contributed by atoms with Crippen molar-refractivity contribution in [1.29, 1.82) is 0 Å². The van der Waals surface area contributed by atoms with Crippen LogP contribution in [0.5, 0.6) is 0 Å². The maximum Gasteiger partial charge on any atom is 0.235 e. The Kier molecular flexibility index (Phi) is 7.43. The van der Waals surface area contributed by atoms with Crippen LogP contribution in [-0.2, 0) is 9.59 Å². The van der Waals surface area contributed by atoms with Crippen LogP contribution in [0.15, 0.2) is 9.98 Å². The van der Waals surface area contributed by atoms with Gasteiger partial charge in [0.1, 0.15) is 0 Å². The predicted octanol–water partition coefficient (Wildman–Crippen LogP) is 2.39. The van der Waals surface area contributed by atoms with Gasteiger partial charge < -0.3 is 0 Å². The first-order valence-electron chi connectivity index (χ1n) is 5.31. The van der Waals surface area contributed by atoms with E-state index in [1.54, 1.807) is 13.0 Å². The second-order valence-electron chi connectivity index (χ2n) is 3.83. The average molecular weight is 210 g/mol. The van der Waals surface area contributed by atoms with Crippen molar-refractivity contribution in [2.24, 2.45) is 9.98 Å². The zero-order valence-corrected chi connectivity index (χ0v) is 9.45. The van der Waals surface area contributed by atoms with E-state index in [-0.39, 0.29) is 5.54 Å². The molecule has 0 unspecified atom stereocenters. The van der Waals surface area contributed by atoms with Crippen LogP contribution in [0, 0.1) is 0 Å². The van der Waals surface area contributed by atoms with E-state index in [0.717, 1.165) is 12.8 Å². The molecule has 0 radical (unpaired) electrons. The zero-order chi connectivity index (χ0) is 11.6. The Morgan fingerprint density at radius 2 is 1.73 bits per heavy atom.